The van der Waals surface area contributed by atoms with Crippen LogP contribution >= 0.6 is 0 Å². The second kappa shape index (κ2) is 15.8. The van der Waals surface area contributed by atoms with Gasteiger partial charge in [0.1, 0.15) is 17.2 Å². The highest BCUT2D eigenvalue weighted by atomic mass is 16.7. The average Bonchev–Trinajstić information content (AvgIpc) is 3.29. The van der Waals surface area contributed by atoms with E-state index in [9.17, 15) is 19.5 Å². The maximum atomic E-state index is 13.5. The Morgan fingerprint density at radius 1 is 1.02 bits per heavy atom. The van der Waals surface area contributed by atoms with Crippen molar-refractivity contribution in [1.29, 1.82) is 0 Å². The third kappa shape index (κ3) is 8.25. The van der Waals surface area contributed by atoms with Gasteiger partial charge in [0.25, 0.3) is 5.91 Å². The molecule has 0 aromatic heterocycles. The molecule has 3 rings (SSSR count). The summed E-state index contributed by atoms with van der Waals surface area (Å²) < 4.78 is 6.43. The van der Waals surface area contributed by atoms with Gasteiger partial charge in [-0.05, 0) is 25.7 Å². The Morgan fingerprint density at radius 2 is 1.76 bits per heavy atom. The zero-order chi connectivity index (χ0) is 30.6. The van der Waals surface area contributed by atoms with E-state index in [0.717, 1.165) is 12.1 Å². The van der Waals surface area contributed by atoms with Gasteiger partial charge in [0.2, 0.25) is 12.0 Å². The van der Waals surface area contributed by atoms with Crippen LogP contribution in [0.25, 0.3) is 0 Å². The van der Waals surface area contributed by atoms with Crippen molar-refractivity contribution in [3.63, 3.8) is 0 Å². The van der Waals surface area contributed by atoms with Gasteiger partial charge in [0.15, 0.2) is 6.10 Å². The molecule has 2 aliphatic heterocycles. The monoisotopic (exact) mass is 585 g/mol. The number of hydrogen-bond donors (Lipinski definition) is 4. The molecule has 2 heterocycles. The Hall–Kier alpha value is -4.06. The van der Waals surface area contributed by atoms with Crippen LogP contribution in [0.3, 0.4) is 0 Å². The van der Waals surface area contributed by atoms with E-state index in [0.29, 0.717) is 74.3 Å². The number of nitrogens with zero attached hydrogens (tertiary/aromatic N) is 3. The number of aliphatic imine (C=N–C) groups is 1. The smallest absolute Gasteiger partial charge is 0.335 e. The fourth-order valence-corrected chi connectivity index (χ4v) is 4.77. The molecule has 1 aromatic carbocycles. The van der Waals surface area contributed by atoms with Crippen LogP contribution in [0, 0.1) is 0 Å². The minimum atomic E-state index is -1.06. The van der Waals surface area contributed by atoms with Crippen LogP contribution in [-0.2, 0) is 24.0 Å². The lowest BCUT2D eigenvalue weighted by Crippen LogP contribution is -2.41. The van der Waals surface area contributed by atoms with Crippen LogP contribution in [0.4, 0.5) is 0 Å². The van der Waals surface area contributed by atoms with Crippen LogP contribution in [0.1, 0.15) is 90.2 Å². The molecule has 12 nitrogen and oxygen atoms in total. The van der Waals surface area contributed by atoms with E-state index in [1.54, 1.807) is 12.1 Å². The van der Waals surface area contributed by atoms with Gasteiger partial charge >= 0.3 is 11.9 Å². The Balaban J connectivity index is 1.95. The lowest BCUT2D eigenvalue weighted by Gasteiger charge is -2.34. The summed E-state index contributed by atoms with van der Waals surface area (Å²) in [5, 5.41) is 24.8. The van der Waals surface area contributed by atoms with Gasteiger partial charge in [-0.25, -0.2) is 9.86 Å². The fraction of sp³-hybridized carbons (Fsp3) is 0.533. The first-order valence-electron chi connectivity index (χ1n) is 14.7. The lowest BCUT2D eigenvalue weighted by molar-refractivity contribution is -0.175. The van der Waals surface area contributed by atoms with E-state index in [2.05, 4.69) is 10.7 Å². The van der Waals surface area contributed by atoms with E-state index in [-0.39, 0.29) is 18.2 Å². The van der Waals surface area contributed by atoms with Crippen LogP contribution in [0.5, 0.6) is 0 Å². The molecule has 0 bridgehead atoms. The van der Waals surface area contributed by atoms with Gasteiger partial charge in [0.05, 0.1) is 5.70 Å². The highest BCUT2D eigenvalue weighted by Crippen LogP contribution is 2.38. The van der Waals surface area contributed by atoms with Crippen LogP contribution in [0.15, 0.2) is 58.3 Å². The fourth-order valence-electron chi connectivity index (χ4n) is 4.77. The summed E-state index contributed by atoms with van der Waals surface area (Å²) in [4.78, 5) is 47.1. The minimum absolute atomic E-state index is 0.0994. The van der Waals surface area contributed by atoms with E-state index in [1.165, 1.54) is 5.06 Å². The Kier molecular flexibility index (Phi) is 12.2. The number of ether oxygens (including phenoxy) is 1. The maximum Gasteiger partial charge on any atom is 0.335 e. The normalized spacial score (nSPS) is 16.0. The zero-order valence-corrected chi connectivity index (χ0v) is 24.9. The molecule has 1 aromatic rings. The Bertz CT molecular complexity index is 1200. The number of rotatable bonds is 18. The van der Waals surface area contributed by atoms with Crippen molar-refractivity contribution in [3.8, 4) is 0 Å². The first kappa shape index (κ1) is 32.5. The van der Waals surface area contributed by atoms with Crippen molar-refractivity contribution in [2.45, 2.75) is 90.8 Å². The molecule has 2 unspecified atom stereocenters. The molecule has 1 amide bonds. The van der Waals surface area contributed by atoms with E-state index >= 15 is 0 Å². The number of hydrogen-bond acceptors (Lipinski definition) is 9. The minimum Gasteiger partial charge on any atom is -0.481 e. The van der Waals surface area contributed by atoms with Gasteiger partial charge < -0.3 is 25.7 Å². The number of amidine groups is 1. The van der Waals surface area contributed by atoms with E-state index < -0.39 is 24.1 Å². The molecule has 0 saturated heterocycles. The van der Waals surface area contributed by atoms with E-state index in [4.69, 9.17) is 19.7 Å². The highest BCUT2D eigenvalue weighted by Gasteiger charge is 2.41. The number of allylic oxidation sites excluding steroid dienone is 1. The van der Waals surface area contributed by atoms with E-state index in [1.807, 2.05) is 51.1 Å². The number of benzene rings is 1. The molecule has 0 spiro atoms. The van der Waals surface area contributed by atoms with Crippen LogP contribution in [0.2, 0.25) is 0 Å². The molecule has 2 atom stereocenters. The first-order chi connectivity index (χ1) is 20.2. The molecule has 12 heteroatoms. The number of amides is 1. The molecule has 42 heavy (non-hydrogen) atoms. The molecular weight excluding hydrogens is 542 g/mol. The highest BCUT2D eigenvalue weighted by molar-refractivity contribution is 5.87. The van der Waals surface area contributed by atoms with Crippen molar-refractivity contribution < 1.29 is 34.2 Å². The van der Waals surface area contributed by atoms with Gasteiger partial charge in [-0.2, -0.15) is 4.99 Å². The molecule has 0 radical (unpaired) electrons. The van der Waals surface area contributed by atoms with Gasteiger partial charge in [0, 0.05) is 32.0 Å². The topological polar surface area (TPSA) is 153 Å². The Labute approximate surface area is 247 Å². The molecule has 2 aliphatic rings. The predicted octanol–water partition coefficient (Wildman–Crippen LogP) is 4.45. The number of carboxylic acids is 2. The summed E-state index contributed by atoms with van der Waals surface area (Å²) >= 11 is 0. The SMILES string of the molecule is CCCC1=C2C(=C(OC(C(=O)NCCCCCC(=O)O)c3ccccc3)N=C(CC)N2OC(CCC)C(=O)O)N(C)N1. The van der Waals surface area contributed by atoms with Crippen molar-refractivity contribution in [2.24, 2.45) is 4.99 Å². The maximum absolute atomic E-state index is 13.5. The van der Waals surface area contributed by atoms with Crippen molar-refractivity contribution in [3.05, 3.63) is 58.9 Å². The number of fused-ring (bicyclic) bond motifs is 1. The number of nitrogens with one attached hydrogen (secondary N) is 2. The molecule has 0 saturated carbocycles. The number of aliphatic carboxylic acids is 2. The molecule has 0 fully saturated rings. The van der Waals surface area contributed by atoms with Crippen molar-refractivity contribution in [1.82, 2.24) is 20.8 Å². The van der Waals surface area contributed by atoms with Gasteiger partial charge in [-0.15, -0.1) is 0 Å². The summed E-state index contributed by atoms with van der Waals surface area (Å²) in [6, 6.07) is 9.13. The summed E-state index contributed by atoms with van der Waals surface area (Å²) in [7, 11) is 1.81. The Morgan fingerprint density at radius 3 is 2.38 bits per heavy atom. The standard InChI is InChI=1S/C30H43N5O7/c1-5-14-21-25-26(34(4)33-21)29(32-23(7-3)35(25)42-22(15-6-2)30(39)40)41-27(20-16-10-8-11-17-20)28(38)31-19-13-9-12-18-24(36)37/h8,10-11,16-17,22,27,33H,5-7,9,12-15,18-19H2,1-4H3,(H,31,38)(H,36,37)(H,39,40). The number of hydroxylamine groups is 2. The zero-order valence-electron chi connectivity index (χ0n) is 24.9. The number of carboxylic acid groups (broad SMARTS) is 2. The average molecular weight is 586 g/mol. The number of likely N-dealkylation sites (N-methyl/N-ethyl adjacent to an activating group) is 1. The molecule has 230 valence electrons. The molecule has 4 N–H and O–H groups in total. The number of unbranched alkanes of at least 4 members (excludes halogenated alkanes) is 2. The van der Waals surface area contributed by atoms with Crippen LogP contribution in [-0.4, -0.2) is 63.7 Å². The van der Waals surface area contributed by atoms with Crippen LogP contribution < -0.4 is 10.7 Å². The van der Waals surface area contributed by atoms with Gasteiger partial charge in [-0.1, -0.05) is 70.4 Å². The van der Waals surface area contributed by atoms with Crippen molar-refractivity contribution >= 4 is 23.7 Å². The first-order valence-corrected chi connectivity index (χ1v) is 14.7. The number of carbonyl (C=O) groups excluding carboxylic acids is 1. The summed E-state index contributed by atoms with van der Waals surface area (Å²) in [5.41, 5.74) is 5.96. The quantitative estimate of drug-likeness (QED) is 0.182. The largest absolute Gasteiger partial charge is 0.481 e. The lowest BCUT2D eigenvalue weighted by atomic mass is 10.1. The third-order valence-corrected chi connectivity index (χ3v) is 6.83. The molecular formula is C30H43N5O7. The summed E-state index contributed by atoms with van der Waals surface area (Å²) in [6.45, 7) is 6.22. The molecule has 0 aliphatic carbocycles. The summed E-state index contributed by atoms with van der Waals surface area (Å²) in [5.74, 6) is -1.56. The summed E-state index contributed by atoms with van der Waals surface area (Å²) in [6.07, 6.45) is 2.77. The second-order valence-corrected chi connectivity index (χ2v) is 10.2. The van der Waals surface area contributed by atoms with Gasteiger partial charge in [-0.3, -0.25) is 19.4 Å². The van der Waals surface area contributed by atoms with Crippen molar-refractivity contribution in [2.75, 3.05) is 13.6 Å². The number of hydrazine groups is 1. The number of carbonyl (C=O) groups is 3. The second-order valence-electron chi connectivity index (χ2n) is 10.2. The third-order valence-electron chi connectivity index (χ3n) is 6.83. The predicted molar refractivity (Wildman–Crippen MR) is 156 cm³/mol.